The molecule has 1 aliphatic carbocycles. The summed E-state index contributed by atoms with van der Waals surface area (Å²) in [5, 5.41) is 0. The lowest BCUT2D eigenvalue weighted by Gasteiger charge is -2.33. The molecule has 14 heavy (non-hydrogen) atoms. The zero-order valence-corrected chi connectivity index (χ0v) is 11.3. The van der Waals surface area contributed by atoms with E-state index in [-0.39, 0.29) is 18.4 Å². The Kier molecular flexibility index (Phi) is 7.07. The second-order valence-electron chi connectivity index (χ2n) is 3.46. The van der Waals surface area contributed by atoms with Gasteiger partial charge in [-0.1, -0.05) is 19.3 Å². The lowest BCUT2D eigenvalue weighted by atomic mass is 9.83. The predicted molar refractivity (Wildman–Crippen MR) is 66.9 cm³/mol. The van der Waals surface area contributed by atoms with E-state index in [2.05, 4.69) is 26.4 Å². The quantitative estimate of drug-likeness (QED) is 0.490. The van der Waals surface area contributed by atoms with Gasteiger partial charge in [0.05, 0.1) is 6.61 Å². The molecule has 0 aliphatic heterocycles. The third-order valence-electron chi connectivity index (χ3n) is 2.55. The van der Waals surface area contributed by atoms with Gasteiger partial charge in [0, 0.05) is 22.9 Å². The minimum absolute atomic E-state index is 0. The lowest BCUT2D eigenvalue weighted by Crippen LogP contribution is -2.50. The van der Waals surface area contributed by atoms with E-state index < -0.39 is 5.54 Å². The van der Waals surface area contributed by atoms with Crippen LogP contribution >= 0.6 is 35.3 Å². The second-order valence-corrected chi connectivity index (χ2v) is 4.00. The number of esters is 1. The van der Waals surface area contributed by atoms with Crippen LogP contribution in [-0.2, 0) is 9.53 Å². The molecule has 0 radical (unpaired) electrons. The summed E-state index contributed by atoms with van der Waals surface area (Å²) < 4.78 is 8.17. The van der Waals surface area contributed by atoms with E-state index in [4.69, 9.17) is 4.74 Å². The number of carbonyl (C=O) groups excluding carboxylic acids is 1. The maximum Gasteiger partial charge on any atom is 0.327 e. The fourth-order valence-corrected chi connectivity index (χ4v) is 2.52. The summed E-state index contributed by atoms with van der Waals surface area (Å²) in [6.45, 7) is 2.32. The number of ether oxygens (including phenoxy) is 1. The van der Waals surface area contributed by atoms with Gasteiger partial charge in [0.15, 0.2) is 0 Å². The van der Waals surface area contributed by atoms with E-state index in [1.165, 1.54) is 6.42 Å². The van der Waals surface area contributed by atoms with Gasteiger partial charge in [0.25, 0.3) is 0 Å². The van der Waals surface area contributed by atoms with E-state index >= 15 is 0 Å². The van der Waals surface area contributed by atoms with Crippen molar-refractivity contribution in [2.75, 3.05) is 6.61 Å². The zero-order valence-electron chi connectivity index (χ0n) is 8.35. The lowest BCUT2D eigenvalue weighted by molar-refractivity contribution is -0.151. The highest BCUT2D eigenvalue weighted by atomic mass is 127. The molecule has 3 nitrogen and oxygen atoms in total. The first-order chi connectivity index (χ1) is 6.25. The molecule has 1 fully saturated rings. The Balaban J connectivity index is 0.00000169. The molecule has 0 aromatic heterocycles. The smallest absolute Gasteiger partial charge is 0.327 e. The topological polar surface area (TPSA) is 38.3 Å². The average Bonchev–Trinajstić information content (AvgIpc) is 2.19. The highest BCUT2D eigenvalue weighted by molar-refractivity contribution is 14.1. The summed E-state index contributed by atoms with van der Waals surface area (Å²) >= 11 is 2.06. The van der Waals surface area contributed by atoms with Crippen molar-refractivity contribution in [1.29, 1.82) is 0 Å². The van der Waals surface area contributed by atoms with Gasteiger partial charge in [-0.05, 0) is 19.8 Å². The molecule has 1 aliphatic rings. The Bertz CT molecular complexity index is 184. The summed E-state index contributed by atoms with van der Waals surface area (Å²) in [6.07, 6.45) is 5.30. The minimum atomic E-state index is -0.394. The molecule has 0 amide bonds. The van der Waals surface area contributed by atoms with Crippen molar-refractivity contribution >= 4 is 41.2 Å². The molecular weight excluding hydrogens is 316 g/mol. The monoisotopic (exact) mass is 333 g/mol. The van der Waals surface area contributed by atoms with Gasteiger partial charge in [0.2, 0.25) is 0 Å². The first-order valence-electron chi connectivity index (χ1n) is 4.80. The summed E-state index contributed by atoms with van der Waals surface area (Å²) in [6, 6.07) is 0. The van der Waals surface area contributed by atoms with E-state index in [9.17, 15) is 4.79 Å². The number of carbonyl (C=O) groups is 1. The molecule has 1 rings (SSSR count). The van der Waals surface area contributed by atoms with Crippen LogP contribution in [0, 0.1) is 0 Å². The van der Waals surface area contributed by atoms with E-state index in [0.29, 0.717) is 6.61 Å². The van der Waals surface area contributed by atoms with Crippen LogP contribution in [0.1, 0.15) is 39.0 Å². The minimum Gasteiger partial charge on any atom is -0.465 e. The van der Waals surface area contributed by atoms with Crippen molar-refractivity contribution < 1.29 is 9.53 Å². The van der Waals surface area contributed by atoms with Gasteiger partial charge in [0.1, 0.15) is 5.54 Å². The third kappa shape index (κ3) is 3.24. The Morgan fingerprint density at radius 1 is 1.43 bits per heavy atom. The van der Waals surface area contributed by atoms with Crippen molar-refractivity contribution in [3.63, 3.8) is 0 Å². The van der Waals surface area contributed by atoms with E-state index in [1.807, 2.05) is 6.92 Å². The predicted octanol–water partition coefficient (Wildman–Crippen LogP) is 2.61. The van der Waals surface area contributed by atoms with E-state index in [1.54, 1.807) is 0 Å². The highest BCUT2D eigenvalue weighted by Crippen LogP contribution is 2.30. The molecule has 1 N–H and O–H groups in total. The van der Waals surface area contributed by atoms with Gasteiger partial charge in [-0.3, -0.25) is 4.79 Å². The molecule has 0 aromatic carbocycles. The fraction of sp³-hybridized carbons (Fsp3) is 0.889. The maximum atomic E-state index is 11.7. The van der Waals surface area contributed by atoms with E-state index in [0.717, 1.165) is 25.7 Å². The van der Waals surface area contributed by atoms with Crippen molar-refractivity contribution in [2.24, 2.45) is 0 Å². The van der Waals surface area contributed by atoms with Gasteiger partial charge in [-0.25, -0.2) is 3.53 Å². The maximum absolute atomic E-state index is 11.7. The first-order valence-corrected chi connectivity index (χ1v) is 5.88. The van der Waals surface area contributed by atoms with Crippen LogP contribution in [0.25, 0.3) is 0 Å². The summed E-state index contributed by atoms with van der Waals surface area (Å²) in [4.78, 5) is 11.7. The molecule has 0 atom stereocenters. The molecule has 84 valence electrons. The van der Waals surface area contributed by atoms with Gasteiger partial charge < -0.3 is 4.74 Å². The summed E-state index contributed by atoms with van der Waals surface area (Å²) in [7, 11) is 0. The van der Waals surface area contributed by atoms with Crippen molar-refractivity contribution in [2.45, 2.75) is 44.6 Å². The van der Waals surface area contributed by atoms with Crippen LogP contribution < -0.4 is 3.53 Å². The number of hydrogen-bond acceptors (Lipinski definition) is 3. The van der Waals surface area contributed by atoms with Crippen LogP contribution in [0.4, 0.5) is 0 Å². The Hall–Kier alpha value is 0.450. The normalized spacial score (nSPS) is 19.6. The van der Waals surface area contributed by atoms with Gasteiger partial charge in [-0.15, -0.1) is 12.4 Å². The van der Waals surface area contributed by atoms with Crippen LogP contribution in [0.5, 0.6) is 0 Å². The molecule has 5 heteroatoms. The zero-order chi connectivity index (χ0) is 9.73. The number of nitrogens with one attached hydrogen (secondary N) is 1. The van der Waals surface area contributed by atoms with Gasteiger partial charge >= 0.3 is 5.97 Å². The summed E-state index contributed by atoms with van der Waals surface area (Å²) in [5.41, 5.74) is -0.394. The largest absolute Gasteiger partial charge is 0.465 e. The fourth-order valence-electron chi connectivity index (χ4n) is 1.76. The number of halogens is 2. The molecule has 0 bridgehead atoms. The van der Waals surface area contributed by atoms with Crippen LogP contribution in [0.3, 0.4) is 0 Å². The Morgan fingerprint density at radius 3 is 2.43 bits per heavy atom. The molecule has 0 aromatic rings. The molecule has 0 saturated heterocycles. The second kappa shape index (κ2) is 6.85. The van der Waals surface area contributed by atoms with Crippen LogP contribution in [-0.4, -0.2) is 18.1 Å². The molecular formula is C9H17ClINO2. The highest BCUT2D eigenvalue weighted by Gasteiger charge is 2.39. The number of hydrogen-bond donors (Lipinski definition) is 1. The summed E-state index contributed by atoms with van der Waals surface area (Å²) in [5.74, 6) is -0.0795. The number of rotatable bonds is 3. The SMILES string of the molecule is CCOC(=O)C1(NI)CCCCC1.Cl. The molecule has 0 heterocycles. The van der Waals surface area contributed by atoms with Gasteiger partial charge in [-0.2, -0.15) is 0 Å². The van der Waals surface area contributed by atoms with Crippen molar-refractivity contribution in [3.05, 3.63) is 0 Å². The molecule has 0 unspecified atom stereocenters. The van der Waals surface area contributed by atoms with Crippen LogP contribution in [0.15, 0.2) is 0 Å². The Labute approximate surface area is 105 Å². The average molecular weight is 334 g/mol. The van der Waals surface area contributed by atoms with Crippen molar-refractivity contribution in [3.8, 4) is 0 Å². The third-order valence-corrected chi connectivity index (χ3v) is 3.59. The molecule has 0 spiro atoms. The molecule has 1 saturated carbocycles. The van der Waals surface area contributed by atoms with Crippen molar-refractivity contribution in [1.82, 2.24) is 3.53 Å². The first kappa shape index (κ1) is 14.5. The van der Waals surface area contributed by atoms with Crippen LogP contribution in [0.2, 0.25) is 0 Å². The Morgan fingerprint density at radius 2 is 2.00 bits per heavy atom. The standard InChI is InChI=1S/C9H16INO2.ClH/c1-2-13-8(12)9(11-10)6-4-3-5-7-9;/h11H,2-7H2,1H3;1H.